The predicted molar refractivity (Wildman–Crippen MR) is 155 cm³/mol. The van der Waals surface area contributed by atoms with Gasteiger partial charge in [-0.1, -0.05) is 30.3 Å². The Morgan fingerprint density at radius 1 is 0.872 bits per heavy atom. The maximum Gasteiger partial charge on any atom is 0.419 e. The number of piperazine rings is 1. The van der Waals surface area contributed by atoms with E-state index in [0.717, 1.165) is 12.1 Å². The molecule has 0 radical (unpaired) electrons. The lowest BCUT2D eigenvalue weighted by Gasteiger charge is -2.41. The van der Waals surface area contributed by atoms with Crippen molar-refractivity contribution in [2.45, 2.75) is 31.4 Å². The summed E-state index contributed by atoms with van der Waals surface area (Å²) in [7, 11) is 0. The second-order valence-electron chi connectivity index (χ2n) is 11.2. The Balaban J connectivity index is 1.32. The molecule has 0 spiro atoms. The van der Waals surface area contributed by atoms with Crippen LogP contribution in [-0.4, -0.2) is 45.7 Å². The molecular weight excluding hydrogens is 641 g/mol. The molecule has 3 aromatic carbocycles. The third-order valence-corrected chi connectivity index (χ3v) is 8.02. The highest BCUT2D eigenvalue weighted by Crippen LogP contribution is 2.40. The summed E-state index contributed by atoms with van der Waals surface area (Å²) < 4.78 is 126. The Labute approximate surface area is 261 Å². The van der Waals surface area contributed by atoms with Crippen molar-refractivity contribution in [3.63, 3.8) is 0 Å². The minimum atomic E-state index is -4.85. The van der Waals surface area contributed by atoms with E-state index in [0.29, 0.717) is 23.8 Å². The van der Waals surface area contributed by atoms with Crippen LogP contribution in [0.4, 0.5) is 51.3 Å². The Bertz CT molecular complexity index is 1920. The number of H-pyrrole nitrogens is 1. The number of fused-ring (bicyclic) bond motifs is 1. The smallest absolute Gasteiger partial charge is 0.384 e. The van der Waals surface area contributed by atoms with Crippen LogP contribution in [0.3, 0.4) is 0 Å². The van der Waals surface area contributed by atoms with Crippen LogP contribution in [0.2, 0.25) is 0 Å². The Hall–Kier alpha value is -4.79. The van der Waals surface area contributed by atoms with Gasteiger partial charge >= 0.3 is 12.4 Å². The Morgan fingerprint density at radius 2 is 1.55 bits per heavy atom. The highest BCUT2D eigenvalue weighted by Gasteiger charge is 2.39. The van der Waals surface area contributed by atoms with Crippen LogP contribution < -0.4 is 9.80 Å². The number of hydrogen-bond donors (Lipinski definition) is 2. The summed E-state index contributed by atoms with van der Waals surface area (Å²) in [6.07, 6.45) is -9.81. The van der Waals surface area contributed by atoms with Crippen molar-refractivity contribution in [2.24, 2.45) is 0 Å². The summed E-state index contributed by atoms with van der Waals surface area (Å²) in [6.45, 7) is 1.75. The van der Waals surface area contributed by atoms with Crippen LogP contribution in [0.5, 0.6) is 0 Å². The van der Waals surface area contributed by atoms with Gasteiger partial charge in [-0.25, -0.2) is 23.1 Å². The van der Waals surface area contributed by atoms with Crippen molar-refractivity contribution in [3.8, 4) is 11.1 Å². The molecule has 5 aromatic rings. The van der Waals surface area contributed by atoms with Gasteiger partial charge in [0.25, 0.3) is 0 Å². The van der Waals surface area contributed by atoms with Crippen molar-refractivity contribution in [1.82, 2.24) is 15.0 Å². The highest BCUT2D eigenvalue weighted by atomic mass is 19.4. The zero-order valence-corrected chi connectivity index (χ0v) is 24.3. The largest absolute Gasteiger partial charge is 0.419 e. The van der Waals surface area contributed by atoms with Gasteiger partial charge in [0, 0.05) is 43.0 Å². The fraction of sp³-hybridized carbons (Fsp3) is 0.250. The van der Waals surface area contributed by atoms with E-state index in [1.54, 1.807) is 42.2 Å². The molecule has 6 rings (SSSR count). The molecule has 246 valence electrons. The molecule has 1 aliphatic rings. The van der Waals surface area contributed by atoms with E-state index in [1.807, 2.05) is 0 Å². The molecule has 0 unspecified atom stereocenters. The SMILES string of the molecule is C[C@@H]1CN(c2ncc([C@H](O)c3ccccc3)cc2C(F)(F)F)CCN1c1nc2c(-c3cc(F)c(F)c(F)c3)cc(C(F)(F)F)cc2[nH]1. The van der Waals surface area contributed by atoms with E-state index in [4.69, 9.17) is 0 Å². The fourth-order valence-electron chi connectivity index (χ4n) is 5.71. The van der Waals surface area contributed by atoms with Gasteiger partial charge in [-0.15, -0.1) is 0 Å². The summed E-state index contributed by atoms with van der Waals surface area (Å²) in [5, 5.41) is 10.7. The molecule has 1 fully saturated rings. The average Bonchev–Trinajstić information content (AvgIpc) is 3.46. The quantitative estimate of drug-likeness (QED) is 0.148. The number of aliphatic hydroxyl groups excluding tert-OH is 1. The van der Waals surface area contributed by atoms with E-state index < -0.39 is 53.1 Å². The molecule has 47 heavy (non-hydrogen) atoms. The van der Waals surface area contributed by atoms with Gasteiger partial charge in [0.15, 0.2) is 17.5 Å². The number of benzene rings is 3. The standard InChI is InChI=1S/C32H24F9N5O/c1-16-15-45(29-22(32(39,40)41)9-19(14-42-29)28(47)17-5-3-2-4-6-17)7-8-46(16)30-43-25-13-20(31(36,37)38)12-21(27(25)44-30)18-10-23(33)26(35)24(34)11-18/h2-6,9-14,16,28,47H,7-8,15H2,1H3,(H,43,44)/t16-,28-/m1/s1. The number of nitrogens with one attached hydrogen (secondary N) is 1. The molecule has 0 aliphatic carbocycles. The normalized spacial score (nSPS) is 16.6. The summed E-state index contributed by atoms with van der Waals surface area (Å²) in [4.78, 5) is 14.3. The molecule has 0 amide bonds. The van der Waals surface area contributed by atoms with E-state index >= 15 is 0 Å². The summed E-state index contributed by atoms with van der Waals surface area (Å²) >= 11 is 0. The third-order valence-electron chi connectivity index (χ3n) is 8.02. The second kappa shape index (κ2) is 11.8. The lowest BCUT2D eigenvalue weighted by molar-refractivity contribution is -0.138. The van der Waals surface area contributed by atoms with Crippen molar-refractivity contribution in [3.05, 3.63) is 107 Å². The molecule has 2 aromatic heterocycles. The number of anilines is 2. The molecule has 0 saturated carbocycles. The number of rotatable bonds is 5. The maximum atomic E-state index is 14.3. The van der Waals surface area contributed by atoms with Gasteiger partial charge in [-0.05, 0) is 48.4 Å². The van der Waals surface area contributed by atoms with Crippen LogP contribution in [0.1, 0.15) is 35.3 Å². The number of pyridine rings is 1. The molecule has 0 bridgehead atoms. The first-order chi connectivity index (χ1) is 22.1. The summed E-state index contributed by atoms with van der Waals surface area (Å²) in [5.74, 6) is -5.26. The number of aromatic amines is 1. The lowest BCUT2D eigenvalue weighted by atomic mass is 10.0. The molecule has 6 nitrogen and oxygen atoms in total. The van der Waals surface area contributed by atoms with E-state index in [-0.39, 0.29) is 59.1 Å². The second-order valence-corrected chi connectivity index (χ2v) is 11.2. The van der Waals surface area contributed by atoms with E-state index in [1.165, 1.54) is 11.1 Å². The van der Waals surface area contributed by atoms with Crippen LogP contribution in [-0.2, 0) is 12.4 Å². The van der Waals surface area contributed by atoms with Gasteiger partial charge in [-0.2, -0.15) is 26.3 Å². The number of imidazole rings is 1. The first-order valence-electron chi connectivity index (χ1n) is 14.2. The minimum absolute atomic E-state index is 0.00273. The number of aliphatic hydroxyl groups is 1. The van der Waals surface area contributed by atoms with Gasteiger partial charge in [-0.3, -0.25) is 0 Å². The number of halogens is 9. The predicted octanol–water partition coefficient (Wildman–Crippen LogP) is 7.88. The van der Waals surface area contributed by atoms with Gasteiger partial charge in [0.2, 0.25) is 5.95 Å². The molecule has 2 atom stereocenters. The van der Waals surface area contributed by atoms with Crippen LogP contribution in [0.25, 0.3) is 22.2 Å². The summed E-state index contributed by atoms with van der Waals surface area (Å²) in [6, 6.07) is 11.0. The fourth-order valence-corrected chi connectivity index (χ4v) is 5.71. The summed E-state index contributed by atoms with van der Waals surface area (Å²) in [5.41, 5.74) is -2.74. The Kier molecular flexibility index (Phi) is 8.06. The topological polar surface area (TPSA) is 68.3 Å². The number of hydrogen-bond acceptors (Lipinski definition) is 5. The zero-order chi connectivity index (χ0) is 33.8. The van der Waals surface area contributed by atoms with E-state index in [2.05, 4.69) is 15.0 Å². The van der Waals surface area contributed by atoms with Crippen LogP contribution in [0, 0.1) is 17.5 Å². The van der Waals surface area contributed by atoms with Crippen molar-refractivity contribution >= 4 is 22.8 Å². The molecule has 2 N–H and O–H groups in total. The molecule has 1 aliphatic heterocycles. The minimum Gasteiger partial charge on any atom is -0.384 e. The lowest BCUT2D eigenvalue weighted by Crippen LogP contribution is -2.53. The average molecular weight is 666 g/mol. The highest BCUT2D eigenvalue weighted by molar-refractivity contribution is 5.94. The van der Waals surface area contributed by atoms with Crippen LogP contribution >= 0.6 is 0 Å². The first kappa shape index (κ1) is 32.2. The maximum absolute atomic E-state index is 14.3. The van der Waals surface area contributed by atoms with Gasteiger partial charge in [0.05, 0.1) is 22.2 Å². The van der Waals surface area contributed by atoms with Gasteiger partial charge in [0.1, 0.15) is 11.9 Å². The monoisotopic (exact) mass is 665 g/mol. The van der Waals surface area contributed by atoms with Crippen molar-refractivity contribution in [1.29, 1.82) is 0 Å². The first-order valence-corrected chi connectivity index (χ1v) is 14.2. The molecular formula is C32H24F9N5O. The number of aromatic nitrogens is 3. The third kappa shape index (κ3) is 6.19. The molecule has 15 heteroatoms. The van der Waals surface area contributed by atoms with Crippen molar-refractivity contribution < 1.29 is 44.6 Å². The number of nitrogens with zero attached hydrogens (tertiary/aromatic N) is 4. The number of alkyl halides is 6. The van der Waals surface area contributed by atoms with Gasteiger partial charge < -0.3 is 19.9 Å². The molecule has 3 heterocycles. The Morgan fingerprint density at radius 3 is 2.17 bits per heavy atom. The van der Waals surface area contributed by atoms with Crippen LogP contribution in [0.15, 0.2) is 66.9 Å². The van der Waals surface area contributed by atoms with Crippen molar-refractivity contribution in [2.75, 3.05) is 29.4 Å². The van der Waals surface area contributed by atoms with E-state index in [9.17, 15) is 44.6 Å². The molecule has 1 saturated heterocycles. The zero-order valence-electron chi connectivity index (χ0n) is 24.3.